The second-order valence-electron chi connectivity index (χ2n) is 6.50. The standard InChI is InChI=1S/C22H24ClNO4/c1-4-5-6-21(25)24-9-10-28-22-16(14-24)11-15(12-20(22)27-3)18-13-17(23)7-8-19(18)26-2/h4,7-8,11-13H,1,5-6,9-10,14H2,2-3H3. The predicted molar refractivity (Wildman–Crippen MR) is 110 cm³/mol. The molecule has 0 saturated carbocycles. The lowest BCUT2D eigenvalue weighted by molar-refractivity contribution is -0.131. The summed E-state index contributed by atoms with van der Waals surface area (Å²) in [6.07, 6.45) is 2.86. The lowest BCUT2D eigenvalue weighted by Crippen LogP contribution is -2.32. The zero-order valence-electron chi connectivity index (χ0n) is 16.2. The molecule has 0 radical (unpaired) electrons. The van der Waals surface area contributed by atoms with Crippen LogP contribution in [0.25, 0.3) is 11.1 Å². The zero-order valence-corrected chi connectivity index (χ0v) is 16.9. The van der Waals surface area contributed by atoms with Crippen molar-refractivity contribution in [1.82, 2.24) is 4.90 Å². The predicted octanol–water partition coefficient (Wildman–Crippen LogP) is 4.71. The van der Waals surface area contributed by atoms with Crippen molar-refractivity contribution in [3.63, 3.8) is 0 Å². The first kappa shape index (κ1) is 20.1. The van der Waals surface area contributed by atoms with Gasteiger partial charge in [-0.25, -0.2) is 0 Å². The first-order valence-corrected chi connectivity index (χ1v) is 9.51. The molecule has 148 valence electrons. The van der Waals surface area contributed by atoms with Gasteiger partial charge in [-0.05, 0) is 42.3 Å². The first-order chi connectivity index (χ1) is 13.6. The molecule has 0 atom stereocenters. The third kappa shape index (κ3) is 4.25. The second-order valence-corrected chi connectivity index (χ2v) is 6.94. The smallest absolute Gasteiger partial charge is 0.223 e. The van der Waals surface area contributed by atoms with Gasteiger partial charge in [0.1, 0.15) is 12.4 Å². The molecule has 1 amide bonds. The Morgan fingerprint density at radius 2 is 2.04 bits per heavy atom. The summed E-state index contributed by atoms with van der Waals surface area (Å²) >= 11 is 6.21. The van der Waals surface area contributed by atoms with E-state index in [1.165, 1.54) is 0 Å². The molecule has 5 nitrogen and oxygen atoms in total. The van der Waals surface area contributed by atoms with E-state index >= 15 is 0 Å². The molecular formula is C22H24ClNO4. The third-order valence-electron chi connectivity index (χ3n) is 4.71. The van der Waals surface area contributed by atoms with E-state index in [-0.39, 0.29) is 5.91 Å². The van der Waals surface area contributed by atoms with Crippen LogP contribution in [0.5, 0.6) is 17.2 Å². The number of hydrogen-bond acceptors (Lipinski definition) is 4. The van der Waals surface area contributed by atoms with Gasteiger partial charge in [-0.3, -0.25) is 4.79 Å². The molecule has 0 saturated heterocycles. The Morgan fingerprint density at radius 3 is 2.75 bits per heavy atom. The number of benzene rings is 2. The van der Waals surface area contributed by atoms with E-state index in [0.717, 1.165) is 16.7 Å². The van der Waals surface area contributed by atoms with Crippen molar-refractivity contribution in [1.29, 1.82) is 0 Å². The molecule has 3 rings (SSSR count). The lowest BCUT2D eigenvalue weighted by atomic mass is 10.00. The van der Waals surface area contributed by atoms with Gasteiger partial charge in [0.15, 0.2) is 11.5 Å². The van der Waals surface area contributed by atoms with Crippen LogP contribution >= 0.6 is 11.6 Å². The molecule has 28 heavy (non-hydrogen) atoms. The van der Waals surface area contributed by atoms with Crippen molar-refractivity contribution in [3.05, 3.63) is 53.6 Å². The SMILES string of the molecule is C=CCCC(=O)N1CCOc2c(cc(-c3cc(Cl)ccc3OC)cc2OC)C1. The maximum Gasteiger partial charge on any atom is 0.223 e. The summed E-state index contributed by atoms with van der Waals surface area (Å²) in [6, 6.07) is 9.38. The van der Waals surface area contributed by atoms with Crippen LogP contribution < -0.4 is 14.2 Å². The molecule has 0 N–H and O–H groups in total. The second kappa shape index (κ2) is 9.02. The Balaban J connectivity index is 2.03. The molecule has 0 fully saturated rings. The van der Waals surface area contributed by atoms with Gasteiger partial charge in [0, 0.05) is 29.1 Å². The number of methoxy groups -OCH3 is 2. The number of nitrogens with zero attached hydrogens (tertiary/aromatic N) is 1. The van der Waals surface area contributed by atoms with E-state index in [2.05, 4.69) is 6.58 Å². The average molecular weight is 402 g/mol. The van der Waals surface area contributed by atoms with Crippen LogP contribution in [-0.4, -0.2) is 38.2 Å². The summed E-state index contributed by atoms with van der Waals surface area (Å²) in [5, 5.41) is 0.613. The highest BCUT2D eigenvalue weighted by atomic mass is 35.5. The van der Waals surface area contributed by atoms with Crippen molar-refractivity contribution < 1.29 is 19.0 Å². The van der Waals surface area contributed by atoms with E-state index in [1.807, 2.05) is 29.2 Å². The van der Waals surface area contributed by atoms with E-state index in [0.29, 0.717) is 54.8 Å². The van der Waals surface area contributed by atoms with Gasteiger partial charge in [-0.15, -0.1) is 6.58 Å². The van der Waals surface area contributed by atoms with Crippen LogP contribution in [0.4, 0.5) is 0 Å². The Kier molecular flexibility index (Phi) is 6.47. The number of rotatable bonds is 6. The first-order valence-electron chi connectivity index (χ1n) is 9.13. The van der Waals surface area contributed by atoms with Crippen LogP contribution in [0.15, 0.2) is 43.0 Å². The molecule has 6 heteroatoms. The van der Waals surface area contributed by atoms with Crippen LogP contribution in [0.1, 0.15) is 18.4 Å². The minimum Gasteiger partial charge on any atom is -0.496 e. The highest BCUT2D eigenvalue weighted by Gasteiger charge is 2.23. The molecule has 0 bridgehead atoms. The van der Waals surface area contributed by atoms with Gasteiger partial charge in [0.2, 0.25) is 5.91 Å². The minimum atomic E-state index is 0.0843. The number of carbonyl (C=O) groups is 1. The maximum absolute atomic E-state index is 12.5. The topological polar surface area (TPSA) is 48.0 Å². The van der Waals surface area contributed by atoms with Crippen LogP contribution in [0, 0.1) is 0 Å². The summed E-state index contributed by atoms with van der Waals surface area (Å²) in [7, 11) is 3.23. The number of ether oxygens (including phenoxy) is 3. The van der Waals surface area contributed by atoms with E-state index < -0.39 is 0 Å². The molecular weight excluding hydrogens is 378 g/mol. The van der Waals surface area contributed by atoms with Crippen molar-refractivity contribution in [2.75, 3.05) is 27.4 Å². The molecule has 1 aliphatic rings. The molecule has 0 aliphatic carbocycles. The summed E-state index contributed by atoms with van der Waals surface area (Å²) in [5.41, 5.74) is 2.63. The Bertz CT molecular complexity index is 881. The maximum atomic E-state index is 12.5. The van der Waals surface area contributed by atoms with Crippen LogP contribution in [0.3, 0.4) is 0 Å². The van der Waals surface area contributed by atoms with E-state index in [9.17, 15) is 4.79 Å². The van der Waals surface area contributed by atoms with Crippen molar-refractivity contribution in [3.8, 4) is 28.4 Å². The molecule has 2 aromatic rings. The summed E-state index contributed by atoms with van der Waals surface area (Å²) in [4.78, 5) is 14.3. The Morgan fingerprint density at radius 1 is 1.25 bits per heavy atom. The number of amides is 1. The highest BCUT2D eigenvalue weighted by molar-refractivity contribution is 6.31. The molecule has 1 aliphatic heterocycles. The number of allylic oxidation sites excluding steroid dienone is 1. The minimum absolute atomic E-state index is 0.0843. The largest absolute Gasteiger partial charge is 0.496 e. The Labute approximate surface area is 170 Å². The molecule has 1 heterocycles. The molecule has 2 aromatic carbocycles. The van der Waals surface area contributed by atoms with E-state index in [1.54, 1.807) is 26.4 Å². The fourth-order valence-corrected chi connectivity index (χ4v) is 3.47. The monoisotopic (exact) mass is 401 g/mol. The number of fused-ring (bicyclic) bond motifs is 1. The Hall–Kier alpha value is -2.66. The van der Waals surface area contributed by atoms with E-state index in [4.69, 9.17) is 25.8 Å². The summed E-state index contributed by atoms with van der Waals surface area (Å²) in [6.45, 7) is 5.10. The van der Waals surface area contributed by atoms with Crippen LogP contribution in [0.2, 0.25) is 5.02 Å². The van der Waals surface area contributed by atoms with Crippen LogP contribution in [-0.2, 0) is 11.3 Å². The van der Waals surface area contributed by atoms with Crippen molar-refractivity contribution in [2.24, 2.45) is 0 Å². The molecule has 0 aromatic heterocycles. The highest BCUT2D eigenvalue weighted by Crippen LogP contribution is 2.41. The van der Waals surface area contributed by atoms with Crippen molar-refractivity contribution in [2.45, 2.75) is 19.4 Å². The fourth-order valence-electron chi connectivity index (χ4n) is 3.29. The summed E-state index contributed by atoms with van der Waals surface area (Å²) < 4.78 is 17.0. The van der Waals surface area contributed by atoms with Crippen molar-refractivity contribution >= 4 is 17.5 Å². The number of hydrogen-bond donors (Lipinski definition) is 0. The van der Waals surface area contributed by atoms with Gasteiger partial charge < -0.3 is 19.1 Å². The average Bonchev–Trinajstić information content (AvgIpc) is 2.93. The van der Waals surface area contributed by atoms with Gasteiger partial charge in [0.25, 0.3) is 0 Å². The fraction of sp³-hybridized carbons (Fsp3) is 0.318. The zero-order chi connectivity index (χ0) is 20.1. The number of halogens is 1. The van der Waals surface area contributed by atoms with Gasteiger partial charge in [-0.1, -0.05) is 17.7 Å². The lowest BCUT2D eigenvalue weighted by Gasteiger charge is -2.20. The quantitative estimate of drug-likeness (QED) is 0.657. The summed E-state index contributed by atoms with van der Waals surface area (Å²) in [5.74, 6) is 2.09. The third-order valence-corrected chi connectivity index (χ3v) is 4.94. The molecule has 0 unspecified atom stereocenters. The van der Waals surface area contributed by atoms with Gasteiger partial charge in [0.05, 0.1) is 20.8 Å². The number of carbonyl (C=O) groups excluding carboxylic acids is 1. The normalized spacial score (nSPS) is 13.2. The molecule has 0 spiro atoms. The van der Waals surface area contributed by atoms with Gasteiger partial charge in [-0.2, -0.15) is 0 Å². The van der Waals surface area contributed by atoms with Gasteiger partial charge >= 0.3 is 0 Å².